The molecule has 0 N–H and O–H groups in total. The molecule has 0 fully saturated rings. The SMILES string of the molecule is CCOc1ccc(OC)cc1Br. The Morgan fingerprint density at radius 1 is 1.42 bits per heavy atom. The monoisotopic (exact) mass is 230 g/mol. The van der Waals surface area contributed by atoms with Gasteiger partial charge in [-0.1, -0.05) is 0 Å². The van der Waals surface area contributed by atoms with Gasteiger partial charge in [0.1, 0.15) is 11.5 Å². The van der Waals surface area contributed by atoms with E-state index in [1.54, 1.807) is 7.11 Å². The van der Waals surface area contributed by atoms with Crippen LogP contribution >= 0.6 is 15.9 Å². The summed E-state index contributed by atoms with van der Waals surface area (Å²) in [5.41, 5.74) is 0. The van der Waals surface area contributed by atoms with Crippen LogP contribution in [0.4, 0.5) is 0 Å². The molecule has 0 aliphatic rings. The molecule has 0 radical (unpaired) electrons. The van der Waals surface area contributed by atoms with Gasteiger partial charge in [0.2, 0.25) is 0 Å². The Hall–Kier alpha value is -0.700. The van der Waals surface area contributed by atoms with Crippen LogP contribution in [0.25, 0.3) is 0 Å². The summed E-state index contributed by atoms with van der Waals surface area (Å²) >= 11 is 3.38. The molecular formula is C9H11BrO2. The summed E-state index contributed by atoms with van der Waals surface area (Å²) in [7, 11) is 1.64. The van der Waals surface area contributed by atoms with Crippen LogP contribution < -0.4 is 9.47 Å². The molecule has 0 aliphatic carbocycles. The van der Waals surface area contributed by atoms with Gasteiger partial charge in [-0.15, -0.1) is 0 Å². The maximum atomic E-state index is 5.33. The molecule has 3 heteroatoms. The fourth-order valence-electron chi connectivity index (χ4n) is 0.881. The zero-order chi connectivity index (χ0) is 8.97. The van der Waals surface area contributed by atoms with E-state index < -0.39 is 0 Å². The normalized spacial score (nSPS) is 9.58. The van der Waals surface area contributed by atoms with E-state index in [0.29, 0.717) is 6.61 Å². The maximum absolute atomic E-state index is 5.33. The van der Waals surface area contributed by atoms with Gasteiger partial charge in [-0.25, -0.2) is 0 Å². The van der Waals surface area contributed by atoms with Crippen LogP contribution in [-0.4, -0.2) is 13.7 Å². The average molecular weight is 231 g/mol. The minimum atomic E-state index is 0.672. The minimum Gasteiger partial charge on any atom is -0.497 e. The van der Waals surface area contributed by atoms with E-state index in [1.165, 1.54) is 0 Å². The van der Waals surface area contributed by atoms with Crippen molar-refractivity contribution in [3.8, 4) is 11.5 Å². The van der Waals surface area contributed by atoms with Crippen LogP contribution in [0.15, 0.2) is 22.7 Å². The largest absolute Gasteiger partial charge is 0.497 e. The second-order valence-electron chi connectivity index (χ2n) is 2.23. The van der Waals surface area contributed by atoms with Gasteiger partial charge in [-0.2, -0.15) is 0 Å². The van der Waals surface area contributed by atoms with Crippen LogP contribution in [0.2, 0.25) is 0 Å². The van der Waals surface area contributed by atoms with Gasteiger partial charge in [-0.05, 0) is 41.1 Å². The summed E-state index contributed by atoms with van der Waals surface area (Å²) in [6.07, 6.45) is 0. The van der Waals surface area contributed by atoms with E-state index >= 15 is 0 Å². The lowest BCUT2D eigenvalue weighted by atomic mass is 10.3. The Morgan fingerprint density at radius 2 is 2.17 bits per heavy atom. The van der Waals surface area contributed by atoms with Crippen molar-refractivity contribution in [2.75, 3.05) is 13.7 Å². The third-order valence-corrected chi connectivity index (χ3v) is 2.06. The molecule has 0 bridgehead atoms. The Kier molecular flexibility index (Phi) is 3.41. The van der Waals surface area contributed by atoms with E-state index in [4.69, 9.17) is 9.47 Å². The van der Waals surface area contributed by atoms with E-state index in [1.807, 2.05) is 25.1 Å². The Balaban J connectivity index is 2.87. The van der Waals surface area contributed by atoms with Crippen LogP contribution in [0.5, 0.6) is 11.5 Å². The van der Waals surface area contributed by atoms with Crippen LogP contribution in [0, 0.1) is 0 Å². The molecule has 0 spiro atoms. The van der Waals surface area contributed by atoms with E-state index in [2.05, 4.69) is 15.9 Å². The number of rotatable bonds is 3. The standard InChI is InChI=1S/C9H11BrO2/c1-3-12-9-5-4-7(11-2)6-8(9)10/h4-6H,3H2,1-2H3. The maximum Gasteiger partial charge on any atom is 0.133 e. The second-order valence-corrected chi connectivity index (χ2v) is 3.08. The van der Waals surface area contributed by atoms with Crippen LogP contribution in [0.3, 0.4) is 0 Å². The summed E-state index contributed by atoms with van der Waals surface area (Å²) in [5.74, 6) is 1.67. The predicted octanol–water partition coefficient (Wildman–Crippen LogP) is 2.86. The summed E-state index contributed by atoms with van der Waals surface area (Å²) in [5, 5.41) is 0. The van der Waals surface area contributed by atoms with Gasteiger partial charge in [0.25, 0.3) is 0 Å². The lowest BCUT2D eigenvalue weighted by Crippen LogP contribution is -1.92. The van der Waals surface area contributed by atoms with Gasteiger partial charge in [0, 0.05) is 0 Å². The molecule has 0 saturated heterocycles. The second kappa shape index (κ2) is 4.36. The topological polar surface area (TPSA) is 18.5 Å². The van der Waals surface area contributed by atoms with Gasteiger partial charge < -0.3 is 9.47 Å². The molecule has 0 unspecified atom stereocenters. The van der Waals surface area contributed by atoms with Gasteiger partial charge >= 0.3 is 0 Å². The molecule has 0 aliphatic heterocycles. The lowest BCUT2D eigenvalue weighted by molar-refractivity contribution is 0.336. The molecule has 1 aromatic rings. The zero-order valence-electron chi connectivity index (χ0n) is 7.13. The average Bonchev–Trinajstić information content (AvgIpc) is 2.09. The highest BCUT2D eigenvalue weighted by molar-refractivity contribution is 9.10. The molecule has 0 aromatic heterocycles. The number of benzene rings is 1. The van der Waals surface area contributed by atoms with Crippen molar-refractivity contribution in [2.45, 2.75) is 6.92 Å². The highest BCUT2D eigenvalue weighted by Gasteiger charge is 2.00. The fraction of sp³-hybridized carbons (Fsp3) is 0.333. The van der Waals surface area contributed by atoms with Crippen molar-refractivity contribution in [1.29, 1.82) is 0 Å². The molecular weight excluding hydrogens is 220 g/mol. The van der Waals surface area contributed by atoms with Crippen molar-refractivity contribution in [3.05, 3.63) is 22.7 Å². The van der Waals surface area contributed by atoms with Gasteiger partial charge in [-0.3, -0.25) is 0 Å². The van der Waals surface area contributed by atoms with Crippen molar-refractivity contribution in [2.24, 2.45) is 0 Å². The number of hydrogen-bond acceptors (Lipinski definition) is 2. The molecule has 12 heavy (non-hydrogen) atoms. The molecule has 0 amide bonds. The van der Waals surface area contributed by atoms with Crippen molar-refractivity contribution < 1.29 is 9.47 Å². The molecule has 1 aromatic carbocycles. The Morgan fingerprint density at radius 3 is 2.67 bits per heavy atom. The summed E-state index contributed by atoms with van der Waals surface area (Å²) in [6, 6.07) is 5.63. The van der Waals surface area contributed by atoms with Crippen LogP contribution in [-0.2, 0) is 0 Å². The highest BCUT2D eigenvalue weighted by Crippen LogP contribution is 2.28. The summed E-state index contributed by atoms with van der Waals surface area (Å²) in [6.45, 7) is 2.63. The van der Waals surface area contributed by atoms with Gasteiger partial charge in [0.05, 0.1) is 18.2 Å². The molecule has 0 saturated carbocycles. The quantitative estimate of drug-likeness (QED) is 0.796. The van der Waals surface area contributed by atoms with Crippen molar-refractivity contribution in [3.63, 3.8) is 0 Å². The van der Waals surface area contributed by atoms with Crippen LogP contribution in [0.1, 0.15) is 6.92 Å². The molecule has 2 nitrogen and oxygen atoms in total. The van der Waals surface area contributed by atoms with Crippen molar-refractivity contribution >= 4 is 15.9 Å². The first-order chi connectivity index (χ1) is 5.77. The zero-order valence-corrected chi connectivity index (χ0v) is 8.72. The molecule has 1 rings (SSSR count). The Bertz CT molecular complexity index is 261. The molecule has 66 valence electrons. The van der Waals surface area contributed by atoms with E-state index in [0.717, 1.165) is 16.0 Å². The highest BCUT2D eigenvalue weighted by atomic mass is 79.9. The first kappa shape index (κ1) is 9.39. The van der Waals surface area contributed by atoms with Crippen molar-refractivity contribution in [1.82, 2.24) is 0 Å². The van der Waals surface area contributed by atoms with E-state index in [-0.39, 0.29) is 0 Å². The predicted molar refractivity (Wildman–Crippen MR) is 51.9 cm³/mol. The van der Waals surface area contributed by atoms with E-state index in [9.17, 15) is 0 Å². The first-order valence-corrected chi connectivity index (χ1v) is 4.53. The number of methoxy groups -OCH3 is 1. The fourth-order valence-corrected chi connectivity index (χ4v) is 1.35. The Labute approximate surface area is 80.6 Å². The molecule has 0 heterocycles. The summed E-state index contributed by atoms with van der Waals surface area (Å²) < 4.78 is 11.3. The number of hydrogen-bond donors (Lipinski definition) is 0. The third kappa shape index (κ3) is 2.14. The third-order valence-electron chi connectivity index (χ3n) is 1.44. The number of ether oxygens (including phenoxy) is 2. The lowest BCUT2D eigenvalue weighted by Gasteiger charge is -2.06. The molecule has 0 atom stereocenters. The smallest absolute Gasteiger partial charge is 0.133 e. The van der Waals surface area contributed by atoms with Gasteiger partial charge in [0.15, 0.2) is 0 Å². The summed E-state index contributed by atoms with van der Waals surface area (Å²) in [4.78, 5) is 0. The minimum absolute atomic E-state index is 0.672. The first-order valence-electron chi connectivity index (χ1n) is 3.74. The number of halogens is 1.